The molecule has 1 aromatic heterocycles. The average Bonchev–Trinajstić information content (AvgIpc) is 3.30. The second-order valence-electron chi connectivity index (χ2n) is 7.03. The molecule has 0 aliphatic heterocycles. The van der Waals surface area contributed by atoms with E-state index >= 15 is 0 Å². The van der Waals surface area contributed by atoms with Crippen LogP contribution in [0.1, 0.15) is 5.56 Å². The second-order valence-corrected chi connectivity index (χ2v) is 8.71. The van der Waals surface area contributed by atoms with E-state index in [-0.39, 0.29) is 17.2 Å². The Balaban J connectivity index is 1.38. The zero-order chi connectivity index (χ0) is 22.6. The van der Waals surface area contributed by atoms with Gasteiger partial charge in [-0.15, -0.1) is 0 Å². The molecule has 0 saturated heterocycles. The normalized spacial score (nSPS) is 11.2. The molecule has 32 heavy (non-hydrogen) atoms. The highest BCUT2D eigenvalue weighted by molar-refractivity contribution is 7.92. The fraction of sp³-hybridized carbons (Fsp3) is 0.0435. The zero-order valence-electron chi connectivity index (χ0n) is 16.7. The number of hydrogen-bond acceptors (Lipinski definition) is 4. The molecule has 0 aliphatic carbocycles. The third kappa shape index (κ3) is 5.19. The van der Waals surface area contributed by atoms with Crippen LogP contribution in [0.15, 0.2) is 90.0 Å². The van der Waals surface area contributed by atoms with Crippen molar-refractivity contribution in [3.63, 3.8) is 0 Å². The molecule has 0 spiro atoms. The average molecular weight is 450 g/mol. The van der Waals surface area contributed by atoms with Gasteiger partial charge < -0.3 is 5.32 Å². The Morgan fingerprint density at radius 2 is 1.69 bits per heavy atom. The summed E-state index contributed by atoms with van der Waals surface area (Å²) in [5, 5.41) is 9.66. The molecule has 0 fully saturated rings. The molecule has 1 amide bonds. The lowest BCUT2D eigenvalue weighted by Gasteiger charge is -2.10. The van der Waals surface area contributed by atoms with E-state index in [1.807, 2.05) is 24.3 Å². The van der Waals surface area contributed by atoms with Gasteiger partial charge in [0.25, 0.3) is 10.0 Å². The third-order valence-corrected chi connectivity index (χ3v) is 6.05. The Morgan fingerprint density at radius 1 is 0.938 bits per heavy atom. The summed E-state index contributed by atoms with van der Waals surface area (Å²) in [5.74, 6) is -0.717. The summed E-state index contributed by atoms with van der Waals surface area (Å²) in [6.45, 7) is 0. The first kappa shape index (κ1) is 21.3. The number of hydrogen-bond donors (Lipinski definition) is 3. The Bertz CT molecular complexity index is 1320. The lowest BCUT2D eigenvalue weighted by atomic mass is 10.1. The summed E-state index contributed by atoms with van der Waals surface area (Å²) in [4.78, 5) is 12.4. The smallest absolute Gasteiger partial charge is 0.261 e. The maximum Gasteiger partial charge on any atom is 0.261 e. The molecule has 7 nitrogen and oxygen atoms in total. The summed E-state index contributed by atoms with van der Waals surface area (Å²) in [6.07, 6.45) is 1.78. The van der Waals surface area contributed by atoms with Crippen LogP contribution in [0.2, 0.25) is 0 Å². The zero-order valence-corrected chi connectivity index (χ0v) is 17.6. The predicted molar refractivity (Wildman–Crippen MR) is 120 cm³/mol. The van der Waals surface area contributed by atoms with E-state index in [2.05, 4.69) is 20.2 Å². The standard InChI is InChI=1S/C23H19FN4O3S/c24-18-6-10-21(11-7-18)32(30,31)28-19-8-4-16(5-9-19)14-23(29)26-20-3-1-2-17(15-20)22-12-13-25-27-22/h1-13,15,28H,14H2,(H,25,27)(H,26,29). The first-order chi connectivity index (χ1) is 15.4. The molecule has 0 unspecified atom stereocenters. The van der Waals surface area contributed by atoms with Crippen LogP contribution < -0.4 is 10.0 Å². The van der Waals surface area contributed by atoms with E-state index in [1.54, 1.807) is 36.5 Å². The number of benzene rings is 3. The van der Waals surface area contributed by atoms with Gasteiger partial charge in [0.05, 0.1) is 17.0 Å². The van der Waals surface area contributed by atoms with Gasteiger partial charge in [0.15, 0.2) is 0 Å². The predicted octanol–water partition coefficient (Wildman–Crippen LogP) is 4.20. The first-order valence-corrected chi connectivity index (χ1v) is 11.1. The molecule has 1 heterocycles. The molecule has 3 N–H and O–H groups in total. The summed E-state index contributed by atoms with van der Waals surface area (Å²) in [6, 6.07) is 20.3. The van der Waals surface area contributed by atoms with Crippen molar-refractivity contribution in [1.29, 1.82) is 0 Å². The minimum Gasteiger partial charge on any atom is -0.326 e. The third-order valence-electron chi connectivity index (χ3n) is 4.65. The highest BCUT2D eigenvalue weighted by Gasteiger charge is 2.14. The van der Waals surface area contributed by atoms with Crippen LogP contribution >= 0.6 is 0 Å². The molecule has 4 aromatic rings. The highest BCUT2D eigenvalue weighted by Crippen LogP contribution is 2.21. The van der Waals surface area contributed by atoms with Crippen molar-refractivity contribution in [2.45, 2.75) is 11.3 Å². The molecule has 0 bridgehead atoms. The molecule has 9 heteroatoms. The van der Waals surface area contributed by atoms with Crippen molar-refractivity contribution in [2.75, 3.05) is 10.0 Å². The number of halogens is 1. The van der Waals surface area contributed by atoms with Gasteiger partial charge >= 0.3 is 0 Å². The molecule has 0 saturated carbocycles. The fourth-order valence-electron chi connectivity index (χ4n) is 3.09. The lowest BCUT2D eigenvalue weighted by molar-refractivity contribution is -0.115. The van der Waals surface area contributed by atoms with Gasteiger partial charge in [0, 0.05) is 23.1 Å². The number of carbonyl (C=O) groups is 1. The number of aromatic amines is 1. The summed E-state index contributed by atoms with van der Waals surface area (Å²) < 4.78 is 40.2. The molecule has 3 aromatic carbocycles. The van der Waals surface area contributed by atoms with Crippen LogP contribution in [-0.2, 0) is 21.2 Å². The maximum absolute atomic E-state index is 13.0. The minimum absolute atomic E-state index is 0.0419. The Morgan fingerprint density at radius 3 is 2.38 bits per heavy atom. The van der Waals surface area contributed by atoms with E-state index in [0.717, 1.165) is 29.0 Å². The van der Waals surface area contributed by atoms with E-state index in [1.165, 1.54) is 12.1 Å². The van der Waals surface area contributed by atoms with E-state index in [4.69, 9.17) is 0 Å². The van der Waals surface area contributed by atoms with Gasteiger partial charge in [-0.25, -0.2) is 12.8 Å². The van der Waals surface area contributed by atoms with Crippen molar-refractivity contribution in [3.8, 4) is 11.3 Å². The Labute approximate surface area is 184 Å². The first-order valence-electron chi connectivity index (χ1n) is 9.66. The number of amides is 1. The molecule has 0 radical (unpaired) electrons. The van der Waals surface area contributed by atoms with Crippen LogP contribution in [-0.4, -0.2) is 24.5 Å². The number of sulfonamides is 1. The summed E-state index contributed by atoms with van der Waals surface area (Å²) in [5.41, 5.74) is 3.46. The van der Waals surface area contributed by atoms with Crippen LogP contribution in [0.5, 0.6) is 0 Å². The fourth-order valence-corrected chi connectivity index (χ4v) is 4.15. The van der Waals surface area contributed by atoms with Gasteiger partial charge in [0.2, 0.25) is 5.91 Å². The van der Waals surface area contributed by atoms with Gasteiger partial charge in [-0.2, -0.15) is 5.10 Å². The van der Waals surface area contributed by atoms with Gasteiger partial charge in [0.1, 0.15) is 5.82 Å². The number of anilines is 2. The summed E-state index contributed by atoms with van der Waals surface area (Å²) in [7, 11) is -3.83. The molecule has 0 atom stereocenters. The number of rotatable bonds is 7. The Kier molecular flexibility index (Phi) is 6.00. The minimum atomic E-state index is -3.83. The van der Waals surface area contributed by atoms with Crippen LogP contribution in [0.4, 0.5) is 15.8 Å². The highest BCUT2D eigenvalue weighted by atomic mass is 32.2. The van der Waals surface area contributed by atoms with Crippen LogP contribution in [0.25, 0.3) is 11.3 Å². The van der Waals surface area contributed by atoms with E-state index in [0.29, 0.717) is 11.4 Å². The van der Waals surface area contributed by atoms with Gasteiger partial charge in [-0.1, -0.05) is 24.3 Å². The lowest BCUT2D eigenvalue weighted by Crippen LogP contribution is -2.15. The number of carbonyl (C=O) groups excluding carboxylic acids is 1. The van der Waals surface area contributed by atoms with E-state index in [9.17, 15) is 17.6 Å². The van der Waals surface area contributed by atoms with Crippen molar-refractivity contribution in [3.05, 3.63) is 96.4 Å². The Hall–Kier alpha value is -3.98. The molecule has 162 valence electrons. The van der Waals surface area contributed by atoms with Crippen LogP contribution in [0, 0.1) is 5.82 Å². The van der Waals surface area contributed by atoms with Crippen molar-refractivity contribution in [2.24, 2.45) is 0 Å². The monoisotopic (exact) mass is 450 g/mol. The molecule has 4 rings (SSSR count). The van der Waals surface area contributed by atoms with Crippen LogP contribution in [0.3, 0.4) is 0 Å². The molecule has 0 aliphatic rings. The van der Waals surface area contributed by atoms with Crippen molar-refractivity contribution in [1.82, 2.24) is 10.2 Å². The largest absolute Gasteiger partial charge is 0.326 e. The van der Waals surface area contributed by atoms with Gasteiger partial charge in [-0.3, -0.25) is 14.6 Å². The quantitative estimate of drug-likeness (QED) is 0.393. The number of H-pyrrole nitrogens is 1. The van der Waals surface area contributed by atoms with E-state index < -0.39 is 15.8 Å². The van der Waals surface area contributed by atoms with Gasteiger partial charge in [-0.05, 0) is 60.2 Å². The number of nitrogens with one attached hydrogen (secondary N) is 3. The topological polar surface area (TPSA) is 104 Å². The van der Waals surface area contributed by atoms with Crippen molar-refractivity contribution < 1.29 is 17.6 Å². The second kappa shape index (κ2) is 9.03. The SMILES string of the molecule is O=C(Cc1ccc(NS(=O)(=O)c2ccc(F)cc2)cc1)Nc1cccc(-c2ccn[nH]2)c1. The number of nitrogens with zero attached hydrogens (tertiary/aromatic N) is 1. The maximum atomic E-state index is 13.0. The molecular weight excluding hydrogens is 431 g/mol. The molecular formula is C23H19FN4O3S. The van der Waals surface area contributed by atoms with Crippen molar-refractivity contribution >= 4 is 27.3 Å². The number of aromatic nitrogens is 2. The summed E-state index contributed by atoms with van der Waals surface area (Å²) >= 11 is 0.